The van der Waals surface area contributed by atoms with E-state index >= 15 is 0 Å². The minimum atomic E-state index is -0.192. The van der Waals surface area contributed by atoms with E-state index in [2.05, 4.69) is 24.4 Å². The standard InChI is InChI=1S/C26H34N2O5S/c1-18-6-7-23(19(2)13-18)33-16-22-21-9-12-34-24(21)8-10-28(22)25(29)15-27(26(30)17-31-3)14-20-5-4-11-32-20/h6-7,9,12-13,20,22H,4-5,8,10-11,14-17H2,1-3H3/t20-,22-/m0/s1. The molecule has 0 bridgehead atoms. The van der Waals surface area contributed by atoms with Crippen LogP contribution in [0.1, 0.15) is 40.5 Å². The fourth-order valence-corrected chi connectivity index (χ4v) is 5.69. The van der Waals surface area contributed by atoms with Crippen LogP contribution in [0.25, 0.3) is 0 Å². The first-order valence-electron chi connectivity index (χ1n) is 11.9. The number of thiophene rings is 1. The number of nitrogens with zero attached hydrogens (tertiary/aromatic N) is 2. The number of hydrogen-bond acceptors (Lipinski definition) is 6. The lowest BCUT2D eigenvalue weighted by atomic mass is 10.00. The van der Waals surface area contributed by atoms with Crippen molar-refractivity contribution in [2.45, 2.75) is 45.3 Å². The number of ether oxygens (including phenoxy) is 3. The third-order valence-electron chi connectivity index (χ3n) is 6.54. The summed E-state index contributed by atoms with van der Waals surface area (Å²) in [6.07, 6.45) is 2.67. The quantitative estimate of drug-likeness (QED) is 0.543. The summed E-state index contributed by atoms with van der Waals surface area (Å²) in [4.78, 5) is 31.0. The molecule has 7 nitrogen and oxygen atoms in total. The third kappa shape index (κ3) is 5.79. The van der Waals surface area contributed by atoms with Crippen molar-refractivity contribution in [2.24, 2.45) is 0 Å². The molecule has 3 heterocycles. The van der Waals surface area contributed by atoms with Gasteiger partial charge in [0.05, 0.1) is 18.7 Å². The Hall–Kier alpha value is -2.42. The van der Waals surface area contributed by atoms with Crippen LogP contribution in [0.2, 0.25) is 0 Å². The molecule has 0 spiro atoms. The van der Waals surface area contributed by atoms with Gasteiger partial charge in [-0.25, -0.2) is 0 Å². The maximum absolute atomic E-state index is 13.6. The molecule has 1 aromatic heterocycles. The van der Waals surface area contributed by atoms with Gasteiger partial charge in [-0.1, -0.05) is 17.7 Å². The zero-order valence-electron chi connectivity index (χ0n) is 20.2. The molecule has 0 saturated carbocycles. The van der Waals surface area contributed by atoms with E-state index in [1.54, 1.807) is 16.2 Å². The molecule has 1 fully saturated rings. The van der Waals surface area contributed by atoms with Gasteiger partial charge in [0.15, 0.2) is 0 Å². The van der Waals surface area contributed by atoms with E-state index in [-0.39, 0.29) is 37.1 Å². The molecule has 0 N–H and O–H groups in total. The Morgan fingerprint density at radius 3 is 2.85 bits per heavy atom. The molecule has 0 aliphatic carbocycles. The topological polar surface area (TPSA) is 68.3 Å². The van der Waals surface area contributed by atoms with Gasteiger partial charge in [0.25, 0.3) is 0 Å². The number of hydrogen-bond donors (Lipinski definition) is 0. The second-order valence-corrected chi connectivity index (χ2v) is 10.1. The third-order valence-corrected chi connectivity index (χ3v) is 7.53. The second-order valence-electron chi connectivity index (χ2n) is 9.07. The highest BCUT2D eigenvalue weighted by molar-refractivity contribution is 7.10. The van der Waals surface area contributed by atoms with Crippen LogP contribution in [0, 0.1) is 13.8 Å². The number of carbonyl (C=O) groups excluding carboxylic acids is 2. The van der Waals surface area contributed by atoms with Crippen LogP contribution in [0.5, 0.6) is 5.75 Å². The number of methoxy groups -OCH3 is 1. The van der Waals surface area contributed by atoms with Gasteiger partial charge in [-0.3, -0.25) is 9.59 Å². The van der Waals surface area contributed by atoms with E-state index in [0.717, 1.165) is 36.1 Å². The lowest BCUT2D eigenvalue weighted by molar-refractivity contribution is -0.145. The summed E-state index contributed by atoms with van der Waals surface area (Å²) in [6, 6.07) is 8.02. The number of rotatable bonds is 9. The Balaban J connectivity index is 1.49. The van der Waals surface area contributed by atoms with E-state index in [0.29, 0.717) is 26.3 Å². The van der Waals surface area contributed by atoms with E-state index in [4.69, 9.17) is 14.2 Å². The molecule has 2 aromatic rings. The number of carbonyl (C=O) groups is 2. The van der Waals surface area contributed by atoms with Crippen molar-refractivity contribution in [2.75, 3.05) is 46.6 Å². The van der Waals surface area contributed by atoms with Gasteiger partial charge in [0.2, 0.25) is 11.8 Å². The average Bonchev–Trinajstić information content (AvgIpc) is 3.50. The highest BCUT2D eigenvalue weighted by Crippen LogP contribution is 2.34. The van der Waals surface area contributed by atoms with E-state index in [1.165, 1.54) is 17.6 Å². The largest absolute Gasteiger partial charge is 0.491 e. The van der Waals surface area contributed by atoms with Crippen molar-refractivity contribution in [1.29, 1.82) is 0 Å². The summed E-state index contributed by atoms with van der Waals surface area (Å²) in [5, 5.41) is 2.08. The highest BCUT2D eigenvalue weighted by atomic mass is 32.1. The van der Waals surface area contributed by atoms with Crippen LogP contribution in [-0.4, -0.2) is 74.3 Å². The monoisotopic (exact) mass is 486 g/mol. The molecule has 2 atom stereocenters. The lowest BCUT2D eigenvalue weighted by Crippen LogP contribution is -2.49. The minimum absolute atomic E-state index is 0.0155. The Morgan fingerprint density at radius 2 is 2.12 bits per heavy atom. The van der Waals surface area contributed by atoms with Crippen molar-refractivity contribution < 1.29 is 23.8 Å². The van der Waals surface area contributed by atoms with Crippen molar-refractivity contribution in [3.63, 3.8) is 0 Å². The van der Waals surface area contributed by atoms with Gasteiger partial charge in [-0.15, -0.1) is 11.3 Å². The lowest BCUT2D eigenvalue weighted by Gasteiger charge is -2.37. The predicted octanol–water partition coefficient (Wildman–Crippen LogP) is 3.52. The van der Waals surface area contributed by atoms with Gasteiger partial charge in [0.1, 0.15) is 19.0 Å². The normalized spacial score (nSPS) is 19.7. The van der Waals surface area contributed by atoms with Crippen LogP contribution >= 0.6 is 11.3 Å². The molecule has 1 aromatic carbocycles. The van der Waals surface area contributed by atoms with Gasteiger partial charge in [-0.2, -0.15) is 0 Å². The van der Waals surface area contributed by atoms with Crippen LogP contribution in [0.15, 0.2) is 29.6 Å². The predicted molar refractivity (Wildman–Crippen MR) is 131 cm³/mol. The molecule has 4 rings (SSSR count). The number of fused-ring (bicyclic) bond motifs is 1. The van der Waals surface area contributed by atoms with Crippen LogP contribution in [0.4, 0.5) is 0 Å². The maximum Gasteiger partial charge on any atom is 0.249 e. The smallest absolute Gasteiger partial charge is 0.249 e. The molecular formula is C26H34N2O5S. The summed E-state index contributed by atoms with van der Waals surface area (Å²) < 4.78 is 17.0. The summed E-state index contributed by atoms with van der Waals surface area (Å²) in [5.41, 5.74) is 3.40. The summed E-state index contributed by atoms with van der Waals surface area (Å²) in [7, 11) is 1.49. The van der Waals surface area contributed by atoms with Crippen molar-refractivity contribution >= 4 is 23.2 Å². The van der Waals surface area contributed by atoms with Crippen molar-refractivity contribution in [3.05, 3.63) is 51.2 Å². The van der Waals surface area contributed by atoms with Gasteiger partial charge >= 0.3 is 0 Å². The average molecular weight is 487 g/mol. The molecule has 2 aliphatic heterocycles. The molecule has 0 radical (unpaired) electrons. The Kier molecular flexibility index (Phi) is 8.24. The highest BCUT2D eigenvalue weighted by Gasteiger charge is 2.34. The molecule has 2 aliphatic rings. The molecule has 8 heteroatoms. The Bertz CT molecular complexity index is 1000. The number of amides is 2. The first kappa shape index (κ1) is 24.7. The molecule has 184 valence electrons. The zero-order valence-corrected chi connectivity index (χ0v) is 21.1. The zero-order chi connectivity index (χ0) is 24.1. The van der Waals surface area contributed by atoms with Gasteiger partial charge in [-0.05, 0) is 61.7 Å². The minimum Gasteiger partial charge on any atom is -0.491 e. The molecule has 34 heavy (non-hydrogen) atoms. The summed E-state index contributed by atoms with van der Waals surface area (Å²) in [5.74, 6) is 0.562. The molecular weight excluding hydrogens is 452 g/mol. The maximum atomic E-state index is 13.6. The van der Waals surface area contributed by atoms with Crippen LogP contribution in [0.3, 0.4) is 0 Å². The first-order valence-corrected chi connectivity index (χ1v) is 12.8. The molecule has 0 unspecified atom stereocenters. The van der Waals surface area contributed by atoms with E-state index in [9.17, 15) is 9.59 Å². The second kappa shape index (κ2) is 11.3. The van der Waals surface area contributed by atoms with Gasteiger partial charge in [0, 0.05) is 31.7 Å². The molecule has 1 saturated heterocycles. The van der Waals surface area contributed by atoms with Crippen molar-refractivity contribution in [1.82, 2.24) is 9.80 Å². The van der Waals surface area contributed by atoms with E-state index < -0.39 is 0 Å². The van der Waals surface area contributed by atoms with E-state index in [1.807, 2.05) is 24.0 Å². The van der Waals surface area contributed by atoms with Crippen LogP contribution < -0.4 is 4.74 Å². The Morgan fingerprint density at radius 1 is 1.26 bits per heavy atom. The fraction of sp³-hybridized carbons (Fsp3) is 0.538. The number of aryl methyl sites for hydroxylation is 2. The first-order chi connectivity index (χ1) is 16.5. The van der Waals surface area contributed by atoms with Gasteiger partial charge < -0.3 is 24.0 Å². The van der Waals surface area contributed by atoms with Crippen molar-refractivity contribution in [3.8, 4) is 5.75 Å². The SMILES string of the molecule is COCC(=O)N(CC(=O)N1CCc2sccc2[C@@H]1COc1ccc(C)cc1C)C[C@@H]1CCCO1. The van der Waals surface area contributed by atoms with Crippen LogP contribution in [-0.2, 0) is 25.5 Å². The summed E-state index contributed by atoms with van der Waals surface area (Å²) in [6.45, 7) is 6.16. The number of benzene rings is 1. The summed E-state index contributed by atoms with van der Waals surface area (Å²) >= 11 is 1.73. The Labute approximate surface area is 205 Å². The fourth-order valence-electron chi connectivity index (χ4n) is 4.76. The molecule has 2 amide bonds.